The van der Waals surface area contributed by atoms with Crippen LogP contribution in [0.4, 0.5) is 5.69 Å². The molecule has 6 nitrogen and oxygen atoms in total. The van der Waals surface area contributed by atoms with Crippen molar-refractivity contribution in [1.82, 2.24) is 10.4 Å². The average molecular weight is 368 g/mol. The van der Waals surface area contributed by atoms with E-state index < -0.39 is 0 Å². The van der Waals surface area contributed by atoms with Crippen molar-refractivity contribution in [2.75, 3.05) is 31.1 Å². The van der Waals surface area contributed by atoms with E-state index in [-0.39, 0.29) is 11.8 Å². The molecule has 0 saturated carbocycles. The molecule has 0 radical (unpaired) electrons. The number of nitrogens with zero attached hydrogens (tertiary/aromatic N) is 2. The molecular formula is C18H26ClN3O3. The van der Waals surface area contributed by atoms with Gasteiger partial charge < -0.3 is 9.80 Å². The SMILES string of the molecule is O=C(CCCCCCC(=O)N1CCN(c2cccc(Cl)c2)CC1)NO. The Bertz CT molecular complexity index is 574. The zero-order chi connectivity index (χ0) is 18.1. The molecule has 0 unspecified atom stereocenters. The quantitative estimate of drug-likeness (QED) is 0.421. The number of nitrogens with one attached hydrogen (secondary N) is 1. The lowest BCUT2D eigenvalue weighted by Gasteiger charge is -2.36. The average Bonchev–Trinajstić information content (AvgIpc) is 2.64. The second-order valence-corrected chi connectivity index (χ2v) is 6.73. The van der Waals surface area contributed by atoms with Crippen molar-refractivity contribution in [3.63, 3.8) is 0 Å². The largest absolute Gasteiger partial charge is 0.368 e. The third-order valence-corrected chi connectivity index (χ3v) is 4.71. The Kier molecular flexibility index (Phi) is 8.01. The van der Waals surface area contributed by atoms with Crippen LogP contribution in [0.3, 0.4) is 0 Å². The highest BCUT2D eigenvalue weighted by molar-refractivity contribution is 6.30. The normalized spacial score (nSPS) is 14.5. The fraction of sp³-hybridized carbons (Fsp3) is 0.556. The molecular weight excluding hydrogens is 342 g/mol. The van der Waals surface area contributed by atoms with Crippen molar-refractivity contribution in [3.8, 4) is 0 Å². The summed E-state index contributed by atoms with van der Waals surface area (Å²) in [6.07, 6.45) is 4.28. The summed E-state index contributed by atoms with van der Waals surface area (Å²) < 4.78 is 0. The van der Waals surface area contributed by atoms with Gasteiger partial charge >= 0.3 is 0 Å². The van der Waals surface area contributed by atoms with Crippen LogP contribution in [0.15, 0.2) is 24.3 Å². The maximum atomic E-state index is 12.3. The fourth-order valence-electron chi connectivity index (χ4n) is 3.02. The van der Waals surface area contributed by atoms with Crippen molar-refractivity contribution in [1.29, 1.82) is 0 Å². The topological polar surface area (TPSA) is 72.9 Å². The van der Waals surface area contributed by atoms with Crippen LogP contribution in [0.25, 0.3) is 0 Å². The number of hydrogen-bond acceptors (Lipinski definition) is 4. The predicted octanol–water partition coefficient (Wildman–Crippen LogP) is 2.83. The second kappa shape index (κ2) is 10.3. The molecule has 2 N–H and O–H groups in total. The minimum Gasteiger partial charge on any atom is -0.368 e. The minimum atomic E-state index is -0.353. The number of carbonyl (C=O) groups excluding carboxylic acids is 2. The van der Waals surface area contributed by atoms with Crippen LogP contribution in [0.1, 0.15) is 38.5 Å². The lowest BCUT2D eigenvalue weighted by atomic mass is 10.1. The zero-order valence-corrected chi connectivity index (χ0v) is 15.2. The first-order valence-corrected chi connectivity index (χ1v) is 9.19. The highest BCUT2D eigenvalue weighted by atomic mass is 35.5. The van der Waals surface area contributed by atoms with Crippen LogP contribution in [0.2, 0.25) is 5.02 Å². The van der Waals surface area contributed by atoms with E-state index in [2.05, 4.69) is 4.90 Å². The van der Waals surface area contributed by atoms with Crippen molar-refractivity contribution >= 4 is 29.1 Å². The van der Waals surface area contributed by atoms with Gasteiger partial charge in [-0.2, -0.15) is 0 Å². The summed E-state index contributed by atoms with van der Waals surface area (Å²) in [5.41, 5.74) is 2.73. The highest BCUT2D eigenvalue weighted by Gasteiger charge is 2.20. The molecule has 2 amide bonds. The molecule has 2 rings (SSSR count). The van der Waals surface area contributed by atoms with Crippen molar-refractivity contribution in [2.24, 2.45) is 0 Å². The molecule has 1 aliphatic heterocycles. The lowest BCUT2D eigenvalue weighted by molar-refractivity contribution is -0.132. The van der Waals surface area contributed by atoms with Crippen LogP contribution in [-0.2, 0) is 9.59 Å². The Morgan fingerprint density at radius 2 is 1.72 bits per heavy atom. The minimum absolute atomic E-state index is 0.207. The number of hydrogen-bond donors (Lipinski definition) is 2. The molecule has 7 heteroatoms. The number of amides is 2. The standard InChI is InChI=1S/C18H26ClN3O3/c19-15-6-5-7-16(14-15)21-10-12-22(13-11-21)18(24)9-4-2-1-3-8-17(23)20-25/h5-7,14,25H,1-4,8-13H2,(H,20,23). The van der Waals surface area contributed by atoms with Crippen molar-refractivity contribution in [3.05, 3.63) is 29.3 Å². The third kappa shape index (κ3) is 6.55. The number of anilines is 1. The van der Waals surface area contributed by atoms with Crippen LogP contribution >= 0.6 is 11.6 Å². The highest BCUT2D eigenvalue weighted by Crippen LogP contribution is 2.21. The number of benzene rings is 1. The van der Waals surface area contributed by atoms with Gasteiger partial charge in [0.05, 0.1) is 0 Å². The van der Waals surface area contributed by atoms with E-state index in [0.29, 0.717) is 12.8 Å². The summed E-state index contributed by atoms with van der Waals surface area (Å²) in [7, 11) is 0. The van der Waals surface area contributed by atoms with Gasteiger partial charge in [-0.15, -0.1) is 0 Å². The summed E-state index contributed by atoms with van der Waals surface area (Å²) >= 11 is 6.04. The van der Waals surface area contributed by atoms with Gasteiger partial charge in [0.1, 0.15) is 0 Å². The van der Waals surface area contributed by atoms with Gasteiger partial charge in [-0.1, -0.05) is 30.5 Å². The van der Waals surface area contributed by atoms with E-state index in [1.807, 2.05) is 29.2 Å². The number of halogens is 1. The Labute approximate surface area is 153 Å². The molecule has 1 fully saturated rings. The number of unbranched alkanes of at least 4 members (excludes halogenated alkanes) is 3. The molecule has 0 aliphatic carbocycles. The summed E-state index contributed by atoms with van der Waals surface area (Å²) in [5, 5.41) is 9.13. The molecule has 0 aromatic heterocycles. The molecule has 0 bridgehead atoms. The first kappa shape index (κ1) is 19.5. The Hall–Kier alpha value is -1.79. The maximum absolute atomic E-state index is 12.3. The smallest absolute Gasteiger partial charge is 0.243 e. The number of piperazine rings is 1. The monoisotopic (exact) mass is 367 g/mol. The summed E-state index contributed by atoms with van der Waals surface area (Å²) in [6, 6.07) is 7.80. The van der Waals surface area contributed by atoms with E-state index in [4.69, 9.17) is 16.8 Å². The van der Waals surface area contributed by atoms with Crippen LogP contribution in [-0.4, -0.2) is 48.1 Å². The van der Waals surface area contributed by atoms with Gasteiger partial charge in [0, 0.05) is 49.7 Å². The summed E-state index contributed by atoms with van der Waals surface area (Å²) in [6.45, 7) is 3.12. The lowest BCUT2D eigenvalue weighted by Crippen LogP contribution is -2.48. The Morgan fingerprint density at radius 3 is 2.36 bits per heavy atom. The molecule has 25 heavy (non-hydrogen) atoms. The summed E-state index contributed by atoms with van der Waals surface area (Å²) in [5.74, 6) is -0.146. The van der Waals surface area contributed by atoms with Crippen LogP contribution in [0.5, 0.6) is 0 Å². The van der Waals surface area contributed by atoms with Gasteiger partial charge in [0.15, 0.2) is 0 Å². The van der Waals surface area contributed by atoms with Gasteiger partial charge in [-0.25, -0.2) is 5.48 Å². The van der Waals surface area contributed by atoms with E-state index >= 15 is 0 Å². The van der Waals surface area contributed by atoms with Crippen LogP contribution in [0, 0.1) is 0 Å². The Morgan fingerprint density at radius 1 is 1.04 bits per heavy atom. The number of hydroxylamine groups is 1. The van der Waals surface area contributed by atoms with Gasteiger partial charge in [0.2, 0.25) is 11.8 Å². The Balaban J connectivity index is 1.62. The van der Waals surface area contributed by atoms with Gasteiger partial charge in [-0.3, -0.25) is 14.8 Å². The number of rotatable bonds is 8. The molecule has 1 aromatic carbocycles. The number of carbonyl (C=O) groups is 2. The van der Waals surface area contributed by atoms with Gasteiger partial charge in [0.25, 0.3) is 0 Å². The second-order valence-electron chi connectivity index (χ2n) is 6.30. The van der Waals surface area contributed by atoms with E-state index in [1.54, 1.807) is 5.48 Å². The van der Waals surface area contributed by atoms with E-state index in [0.717, 1.165) is 62.6 Å². The van der Waals surface area contributed by atoms with E-state index in [1.165, 1.54) is 0 Å². The molecule has 1 aromatic rings. The molecule has 1 heterocycles. The molecule has 1 saturated heterocycles. The molecule has 0 atom stereocenters. The van der Waals surface area contributed by atoms with Crippen molar-refractivity contribution < 1.29 is 14.8 Å². The first-order chi connectivity index (χ1) is 12.1. The van der Waals surface area contributed by atoms with Crippen LogP contribution < -0.4 is 10.4 Å². The first-order valence-electron chi connectivity index (χ1n) is 8.81. The predicted molar refractivity (Wildman–Crippen MR) is 97.9 cm³/mol. The van der Waals surface area contributed by atoms with Gasteiger partial charge in [-0.05, 0) is 31.0 Å². The fourth-order valence-corrected chi connectivity index (χ4v) is 3.20. The third-order valence-electron chi connectivity index (χ3n) is 4.47. The molecule has 0 spiro atoms. The van der Waals surface area contributed by atoms with Crippen molar-refractivity contribution in [2.45, 2.75) is 38.5 Å². The van der Waals surface area contributed by atoms with E-state index in [9.17, 15) is 9.59 Å². The molecule has 1 aliphatic rings. The maximum Gasteiger partial charge on any atom is 0.243 e. The molecule has 138 valence electrons. The summed E-state index contributed by atoms with van der Waals surface area (Å²) in [4.78, 5) is 27.3. The zero-order valence-electron chi connectivity index (χ0n) is 14.4.